The van der Waals surface area contributed by atoms with Crippen LogP contribution < -0.4 is 10.6 Å². The second kappa shape index (κ2) is 6.11. The van der Waals surface area contributed by atoms with Crippen LogP contribution in [-0.2, 0) is 0 Å². The smallest absolute Gasteiger partial charge is 0.339 e. The summed E-state index contributed by atoms with van der Waals surface area (Å²) in [5, 5.41) is 16.8. The molecule has 1 saturated heterocycles. The number of nitrogens with zero attached hydrogens (tertiary/aromatic N) is 1. The van der Waals surface area contributed by atoms with Crippen LogP contribution in [0, 0.1) is 0 Å². The lowest BCUT2D eigenvalue weighted by Gasteiger charge is -2.25. The zero-order valence-corrected chi connectivity index (χ0v) is 11.7. The number of fused-ring (bicyclic) bond motifs is 1. The molecule has 1 aliphatic rings. The van der Waals surface area contributed by atoms with Crippen molar-refractivity contribution in [3.05, 3.63) is 24.0 Å². The molecule has 0 saturated carbocycles. The molecule has 0 bridgehead atoms. The summed E-state index contributed by atoms with van der Waals surface area (Å²) in [7, 11) is 0. The maximum absolute atomic E-state index is 11.3. The highest BCUT2D eigenvalue weighted by molar-refractivity contribution is 6.03. The van der Waals surface area contributed by atoms with E-state index >= 15 is 0 Å². The molecule has 1 fully saturated rings. The molecule has 0 radical (unpaired) electrons. The van der Waals surface area contributed by atoms with Crippen LogP contribution >= 0.6 is 12.4 Å². The molecule has 1 aliphatic heterocycles. The third kappa shape index (κ3) is 2.71. The number of aromatic amines is 1. The SMILES string of the molecule is Cl.O=C(O)c1cnc2[nH]ccc2c1NC1CCCNC1. The van der Waals surface area contributed by atoms with E-state index in [0.717, 1.165) is 31.3 Å². The van der Waals surface area contributed by atoms with Crippen LogP contribution in [0.4, 0.5) is 5.69 Å². The highest BCUT2D eigenvalue weighted by atomic mass is 35.5. The Kier molecular flexibility index (Phi) is 4.46. The third-order valence-corrected chi connectivity index (χ3v) is 3.46. The molecule has 4 N–H and O–H groups in total. The Balaban J connectivity index is 0.00000147. The molecular weight excluding hydrogens is 280 g/mol. The molecule has 0 aliphatic carbocycles. The van der Waals surface area contributed by atoms with Crippen LogP contribution in [0.25, 0.3) is 11.0 Å². The predicted octanol–water partition coefficient (Wildman–Crippen LogP) is 1.85. The van der Waals surface area contributed by atoms with Crippen molar-refractivity contribution in [2.24, 2.45) is 0 Å². The van der Waals surface area contributed by atoms with E-state index in [0.29, 0.717) is 11.3 Å². The minimum atomic E-state index is -0.957. The number of carbonyl (C=O) groups is 1. The van der Waals surface area contributed by atoms with E-state index in [1.165, 1.54) is 6.20 Å². The van der Waals surface area contributed by atoms with Gasteiger partial charge in [-0.05, 0) is 25.5 Å². The Morgan fingerprint density at radius 3 is 3.05 bits per heavy atom. The van der Waals surface area contributed by atoms with E-state index in [-0.39, 0.29) is 24.0 Å². The number of halogens is 1. The maximum atomic E-state index is 11.3. The summed E-state index contributed by atoms with van der Waals surface area (Å²) >= 11 is 0. The van der Waals surface area contributed by atoms with Crippen molar-refractivity contribution in [3.8, 4) is 0 Å². The van der Waals surface area contributed by atoms with Gasteiger partial charge in [0.15, 0.2) is 0 Å². The quantitative estimate of drug-likeness (QED) is 0.694. The molecule has 0 aromatic carbocycles. The van der Waals surface area contributed by atoms with E-state index in [2.05, 4.69) is 20.6 Å². The second-order valence-corrected chi connectivity index (χ2v) is 4.78. The number of pyridine rings is 1. The van der Waals surface area contributed by atoms with E-state index in [1.807, 2.05) is 6.07 Å². The highest BCUT2D eigenvalue weighted by Crippen LogP contribution is 2.27. The molecular formula is C13H17ClN4O2. The summed E-state index contributed by atoms with van der Waals surface area (Å²) in [6, 6.07) is 2.11. The van der Waals surface area contributed by atoms with Crippen molar-refractivity contribution in [2.45, 2.75) is 18.9 Å². The number of hydrogen-bond acceptors (Lipinski definition) is 4. The summed E-state index contributed by atoms with van der Waals surface area (Å²) in [5.74, 6) is -0.957. The fourth-order valence-corrected chi connectivity index (χ4v) is 2.50. The van der Waals surface area contributed by atoms with Gasteiger partial charge in [-0.3, -0.25) is 0 Å². The molecule has 2 aromatic rings. The van der Waals surface area contributed by atoms with Gasteiger partial charge in [-0.1, -0.05) is 0 Å². The molecule has 3 rings (SSSR count). The van der Waals surface area contributed by atoms with Gasteiger partial charge in [0.25, 0.3) is 0 Å². The first kappa shape index (κ1) is 14.6. The first-order valence-corrected chi connectivity index (χ1v) is 6.42. The average Bonchev–Trinajstić information content (AvgIpc) is 2.88. The van der Waals surface area contributed by atoms with Crippen LogP contribution in [0.3, 0.4) is 0 Å². The van der Waals surface area contributed by atoms with Crippen LogP contribution in [0.5, 0.6) is 0 Å². The number of aromatic carboxylic acids is 1. The number of anilines is 1. The zero-order valence-electron chi connectivity index (χ0n) is 10.8. The summed E-state index contributed by atoms with van der Waals surface area (Å²) in [5.41, 5.74) is 1.58. The van der Waals surface area contributed by atoms with Crippen LogP contribution in [0.2, 0.25) is 0 Å². The van der Waals surface area contributed by atoms with Crippen LogP contribution in [0.15, 0.2) is 18.5 Å². The van der Waals surface area contributed by atoms with Gasteiger partial charge >= 0.3 is 5.97 Å². The Bertz CT molecular complexity index is 607. The van der Waals surface area contributed by atoms with Gasteiger partial charge in [-0.2, -0.15) is 0 Å². The van der Waals surface area contributed by atoms with Gasteiger partial charge < -0.3 is 20.7 Å². The maximum Gasteiger partial charge on any atom is 0.339 e. The molecule has 0 amide bonds. The molecule has 3 heterocycles. The van der Waals surface area contributed by atoms with Gasteiger partial charge in [0.05, 0.1) is 5.69 Å². The lowest BCUT2D eigenvalue weighted by atomic mass is 10.1. The summed E-state index contributed by atoms with van der Waals surface area (Å²) in [4.78, 5) is 18.5. The normalized spacial score (nSPS) is 18.5. The number of aromatic nitrogens is 2. The topological polar surface area (TPSA) is 90.0 Å². The van der Waals surface area contributed by atoms with Gasteiger partial charge in [-0.15, -0.1) is 12.4 Å². The van der Waals surface area contributed by atoms with Crippen molar-refractivity contribution in [3.63, 3.8) is 0 Å². The number of rotatable bonds is 3. The molecule has 1 unspecified atom stereocenters. The van der Waals surface area contributed by atoms with E-state index in [4.69, 9.17) is 0 Å². The van der Waals surface area contributed by atoms with E-state index < -0.39 is 5.97 Å². The van der Waals surface area contributed by atoms with Gasteiger partial charge in [0, 0.05) is 30.4 Å². The third-order valence-electron chi connectivity index (χ3n) is 3.46. The lowest BCUT2D eigenvalue weighted by molar-refractivity contribution is 0.0697. The Morgan fingerprint density at radius 1 is 1.50 bits per heavy atom. The largest absolute Gasteiger partial charge is 0.478 e. The first-order chi connectivity index (χ1) is 9.25. The van der Waals surface area contributed by atoms with Crippen molar-refractivity contribution in [1.29, 1.82) is 0 Å². The van der Waals surface area contributed by atoms with Crippen molar-refractivity contribution >= 4 is 35.1 Å². The molecule has 1 atom stereocenters. The standard InChI is InChI=1S/C13H16N4O2.ClH/c18-13(19)10-7-16-12-9(3-5-15-12)11(10)17-8-2-1-4-14-6-8;/h3,5,7-8,14H,1-2,4,6H2,(H,18,19)(H2,15,16,17);1H. The number of hydrogen-bond donors (Lipinski definition) is 4. The number of carboxylic acids is 1. The molecule has 2 aromatic heterocycles. The lowest BCUT2D eigenvalue weighted by Crippen LogP contribution is -2.38. The molecule has 20 heavy (non-hydrogen) atoms. The summed E-state index contributed by atoms with van der Waals surface area (Å²) in [6.07, 6.45) is 5.31. The second-order valence-electron chi connectivity index (χ2n) is 4.78. The number of H-pyrrole nitrogens is 1. The summed E-state index contributed by atoms with van der Waals surface area (Å²) < 4.78 is 0. The number of piperidine rings is 1. The first-order valence-electron chi connectivity index (χ1n) is 6.42. The van der Waals surface area contributed by atoms with Gasteiger partial charge in [0.1, 0.15) is 11.2 Å². The predicted molar refractivity (Wildman–Crippen MR) is 79.8 cm³/mol. The van der Waals surface area contributed by atoms with Crippen LogP contribution in [0.1, 0.15) is 23.2 Å². The van der Waals surface area contributed by atoms with Gasteiger partial charge in [0.2, 0.25) is 0 Å². The van der Waals surface area contributed by atoms with Crippen molar-refractivity contribution in [1.82, 2.24) is 15.3 Å². The van der Waals surface area contributed by atoms with Crippen molar-refractivity contribution in [2.75, 3.05) is 18.4 Å². The van der Waals surface area contributed by atoms with Crippen LogP contribution in [-0.4, -0.2) is 40.2 Å². The van der Waals surface area contributed by atoms with E-state index in [9.17, 15) is 9.90 Å². The monoisotopic (exact) mass is 296 g/mol. The Morgan fingerprint density at radius 2 is 2.35 bits per heavy atom. The fourth-order valence-electron chi connectivity index (χ4n) is 2.50. The highest BCUT2D eigenvalue weighted by Gasteiger charge is 2.19. The number of carboxylic acid groups (broad SMARTS) is 1. The average molecular weight is 297 g/mol. The molecule has 7 heteroatoms. The van der Waals surface area contributed by atoms with Gasteiger partial charge in [-0.25, -0.2) is 9.78 Å². The minimum Gasteiger partial charge on any atom is -0.478 e. The molecule has 0 spiro atoms. The Labute approximate surface area is 122 Å². The summed E-state index contributed by atoms with van der Waals surface area (Å²) in [6.45, 7) is 1.88. The minimum absolute atomic E-state index is 0. The number of nitrogens with one attached hydrogen (secondary N) is 3. The molecule has 6 nitrogen and oxygen atoms in total. The van der Waals surface area contributed by atoms with Crippen molar-refractivity contribution < 1.29 is 9.90 Å². The molecule has 108 valence electrons. The fraction of sp³-hybridized carbons (Fsp3) is 0.385. The zero-order chi connectivity index (χ0) is 13.2. The van der Waals surface area contributed by atoms with E-state index in [1.54, 1.807) is 6.20 Å². The Hall–Kier alpha value is -1.79.